The van der Waals surface area contributed by atoms with E-state index in [1.807, 2.05) is 0 Å². The summed E-state index contributed by atoms with van der Waals surface area (Å²) in [5, 5.41) is 3.67. The molecule has 0 bridgehead atoms. The molecule has 0 aliphatic carbocycles. The maximum atomic E-state index is 3.67. The number of nitrogens with zero attached hydrogens (tertiary/aromatic N) is 1. The van der Waals surface area contributed by atoms with Crippen LogP contribution < -0.4 is 10.2 Å². The van der Waals surface area contributed by atoms with Crippen molar-refractivity contribution in [1.82, 2.24) is 5.32 Å². The Balaban J connectivity index is 1.86. The minimum atomic E-state index is 0.0232. The molecule has 1 aliphatic rings. The zero-order valence-electron chi connectivity index (χ0n) is 11.3. The second kappa shape index (κ2) is 5.06. The molecule has 98 valence electrons. The van der Waals surface area contributed by atoms with Gasteiger partial charge in [0.05, 0.1) is 5.54 Å². The van der Waals surface area contributed by atoms with E-state index in [2.05, 4.69) is 77.8 Å². The minimum Gasteiger partial charge on any atom is -0.368 e. The molecule has 2 aromatic rings. The normalized spacial score (nSPS) is 23.3. The van der Waals surface area contributed by atoms with Crippen LogP contribution in [-0.4, -0.2) is 19.6 Å². The third-order valence-electron chi connectivity index (χ3n) is 3.94. The van der Waals surface area contributed by atoms with Gasteiger partial charge in [0.15, 0.2) is 0 Å². The third kappa shape index (κ3) is 2.49. The predicted molar refractivity (Wildman–Crippen MR) is 80.5 cm³/mol. The zero-order valence-corrected chi connectivity index (χ0v) is 11.3. The fraction of sp³-hybridized carbons (Fsp3) is 0.294. The Kier molecular flexibility index (Phi) is 3.26. The van der Waals surface area contributed by atoms with Gasteiger partial charge >= 0.3 is 0 Å². The maximum absolute atomic E-state index is 3.67. The molecule has 1 N–H and O–H groups in total. The van der Waals surface area contributed by atoms with Crippen LogP contribution in [-0.2, 0) is 5.54 Å². The van der Waals surface area contributed by atoms with Crippen LogP contribution in [0.4, 0.5) is 5.69 Å². The number of para-hydroxylation sites is 1. The summed E-state index contributed by atoms with van der Waals surface area (Å²) >= 11 is 0. The Morgan fingerprint density at radius 2 is 1.58 bits per heavy atom. The first-order valence-corrected chi connectivity index (χ1v) is 6.88. The molecule has 1 unspecified atom stereocenters. The lowest BCUT2D eigenvalue weighted by Crippen LogP contribution is -2.56. The SMILES string of the molecule is CC1(c2ccccc2)CN(c2ccccc2)CCN1. The van der Waals surface area contributed by atoms with E-state index >= 15 is 0 Å². The lowest BCUT2D eigenvalue weighted by atomic mass is 9.89. The predicted octanol–water partition coefficient (Wildman–Crippen LogP) is 3.01. The number of benzene rings is 2. The number of hydrogen-bond acceptors (Lipinski definition) is 2. The molecule has 3 rings (SSSR count). The van der Waals surface area contributed by atoms with Gasteiger partial charge in [-0.3, -0.25) is 0 Å². The first-order valence-electron chi connectivity index (χ1n) is 6.88. The van der Waals surface area contributed by atoms with Gasteiger partial charge in [0, 0.05) is 25.3 Å². The van der Waals surface area contributed by atoms with E-state index in [4.69, 9.17) is 0 Å². The molecular weight excluding hydrogens is 232 g/mol. The molecule has 0 amide bonds. The average Bonchev–Trinajstić information content (AvgIpc) is 2.49. The molecule has 2 heteroatoms. The first kappa shape index (κ1) is 12.2. The molecule has 2 nitrogen and oxygen atoms in total. The zero-order chi connectivity index (χ0) is 13.1. The van der Waals surface area contributed by atoms with E-state index in [9.17, 15) is 0 Å². The third-order valence-corrected chi connectivity index (χ3v) is 3.94. The standard InChI is InChI=1S/C17H20N2/c1-17(15-8-4-2-5-9-15)14-19(13-12-18-17)16-10-6-3-7-11-16/h2-11,18H,12-14H2,1H3. The molecule has 0 aromatic heterocycles. The lowest BCUT2D eigenvalue weighted by molar-refractivity contribution is 0.332. The van der Waals surface area contributed by atoms with Gasteiger partial charge in [0.2, 0.25) is 0 Å². The summed E-state index contributed by atoms with van der Waals surface area (Å²) in [5.74, 6) is 0. The fourth-order valence-corrected chi connectivity index (χ4v) is 2.84. The second-order valence-corrected chi connectivity index (χ2v) is 5.38. The quantitative estimate of drug-likeness (QED) is 0.884. The van der Waals surface area contributed by atoms with Crippen LogP contribution in [0.3, 0.4) is 0 Å². The van der Waals surface area contributed by atoms with Crippen molar-refractivity contribution in [2.24, 2.45) is 0 Å². The van der Waals surface area contributed by atoms with Gasteiger partial charge in [-0.15, -0.1) is 0 Å². The molecule has 0 spiro atoms. The molecule has 19 heavy (non-hydrogen) atoms. The van der Waals surface area contributed by atoms with Crippen molar-refractivity contribution in [3.05, 3.63) is 66.2 Å². The number of piperazine rings is 1. The highest BCUT2D eigenvalue weighted by Gasteiger charge is 2.32. The second-order valence-electron chi connectivity index (χ2n) is 5.38. The summed E-state index contributed by atoms with van der Waals surface area (Å²) in [7, 11) is 0. The molecule has 0 radical (unpaired) electrons. The van der Waals surface area contributed by atoms with E-state index in [0.29, 0.717) is 0 Å². The van der Waals surface area contributed by atoms with Gasteiger partial charge in [0.25, 0.3) is 0 Å². The van der Waals surface area contributed by atoms with E-state index < -0.39 is 0 Å². The van der Waals surface area contributed by atoms with Gasteiger partial charge in [0.1, 0.15) is 0 Å². The van der Waals surface area contributed by atoms with Gasteiger partial charge in [-0.1, -0.05) is 48.5 Å². The van der Waals surface area contributed by atoms with Crippen LogP contribution in [0.2, 0.25) is 0 Å². The van der Waals surface area contributed by atoms with Crippen molar-refractivity contribution < 1.29 is 0 Å². The van der Waals surface area contributed by atoms with Crippen molar-refractivity contribution in [3.8, 4) is 0 Å². The molecule has 1 heterocycles. The molecule has 1 atom stereocenters. The van der Waals surface area contributed by atoms with Crippen LogP contribution in [0, 0.1) is 0 Å². The van der Waals surface area contributed by atoms with Crippen molar-refractivity contribution in [3.63, 3.8) is 0 Å². The van der Waals surface area contributed by atoms with Gasteiger partial charge in [-0.05, 0) is 24.6 Å². The highest BCUT2D eigenvalue weighted by Crippen LogP contribution is 2.27. The van der Waals surface area contributed by atoms with Crippen molar-refractivity contribution in [2.45, 2.75) is 12.5 Å². The summed E-state index contributed by atoms with van der Waals surface area (Å²) in [6, 6.07) is 21.4. The van der Waals surface area contributed by atoms with E-state index in [-0.39, 0.29) is 5.54 Å². The molecule has 1 fully saturated rings. The smallest absolute Gasteiger partial charge is 0.0584 e. The van der Waals surface area contributed by atoms with Gasteiger partial charge in [-0.25, -0.2) is 0 Å². The average molecular weight is 252 g/mol. The highest BCUT2D eigenvalue weighted by atomic mass is 15.2. The highest BCUT2D eigenvalue weighted by molar-refractivity contribution is 5.48. The summed E-state index contributed by atoms with van der Waals surface area (Å²) in [6.45, 7) is 5.37. The molecule has 2 aromatic carbocycles. The molecule has 0 saturated carbocycles. The van der Waals surface area contributed by atoms with Crippen molar-refractivity contribution in [2.75, 3.05) is 24.5 Å². The summed E-state index contributed by atoms with van der Waals surface area (Å²) in [5.41, 5.74) is 2.69. The Morgan fingerprint density at radius 3 is 2.26 bits per heavy atom. The van der Waals surface area contributed by atoms with E-state index in [1.165, 1.54) is 11.3 Å². The number of rotatable bonds is 2. The Labute approximate surface area is 115 Å². The van der Waals surface area contributed by atoms with E-state index in [1.54, 1.807) is 0 Å². The topological polar surface area (TPSA) is 15.3 Å². The van der Waals surface area contributed by atoms with Crippen LogP contribution in [0.15, 0.2) is 60.7 Å². The number of hydrogen-bond donors (Lipinski definition) is 1. The number of anilines is 1. The minimum absolute atomic E-state index is 0.0232. The summed E-state index contributed by atoms with van der Waals surface area (Å²) < 4.78 is 0. The monoisotopic (exact) mass is 252 g/mol. The van der Waals surface area contributed by atoms with Crippen LogP contribution in [0.5, 0.6) is 0 Å². The Bertz CT molecular complexity index is 523. The summed E-state index contributed by atoms with van der Waals surface area (Å²) in [4.78, 5) is 2.46. The first-order chi connectivity index (χ1) is 9.28. The Morgan fingerprint density at radius 1 is 0.947 bits per heavy atom. The van der Waals surface area contributed by atoms with Crippen molar-refractivity contribution >= 4 is 5.69 Å². The van der Waals surface area contributed by atoms with Gasteiger partial charge < -0.3 is 10.2 Å². The largest absolute Gasteiger partial charge is 0.368 e. The summed E-state index contributed by atoms with van der Waals surface area (Å²) in [6.07, 6.45) is 0. The van der Waals surface area contributed by atoms with Crippen LogP contribution >= 0.6 is 0 Å². The van der Waals surface area contributed by atoms with Crippen LogP contribution in [0.1, 0.15) is 12.5 Å². The number of nitrogens with one attached hydrogen (secondary N) is 1. The lowest BCUT2D eigenvalue weighted by Gasteiger charge is -2.43. The fourth-order valence-electron chi connectivity index (χ4n) is 2.84. The molecule has 1 saturated heterocycles. The van der Waals surface area contributed by atoms with Crippen LogP contribution in [0.25, 0.3) is 0 Å². The van der Waals surface area contributed by atoms with Gasteiger partial charge in [-0.2, -0.15) is 0 Å². The maximum Gasteiger partial charge on any atom is 0.0584 e. The van der Waals surface area contributed by atoms with E-state index in [0.717, 1.165) is 19.6 Å². The van der Waals surface area contributed by atoms with Crippen molar-refractivity contribution in [1.29, 1.82) is 0 Å². The molecule has 1 aliphatic heterocycles. The Hall–Kier alpha value is -1.80. The molecular formula is C17H20N2.